The third kappa shape index (κ3) is 2.29. The number of alkyl halides is 3. The fraction of sp³-hybridized carbons (Fsp3) is 0.500. The van der Waals surface area contributed by atoms with Gasteiger partial charge in [0.1, 0.15) is 5.82 Å². The first-order valence-corrected chi connectivity index (χ1v) is 5.45. The van der Waals surface area contributed by atoms with E-state index in [1.54, 1.807) is 0 Å². The number of hydrogen-bond donors (Lipinski definition) is 1. The second-order valence-corrected chi connectivity index (χ2v) is 4.55. The molecule has 1 atom stereocenters. The molecular formula is C12H13F4N. The van der Waals surface area contributed by atoms with Crippen molar-refractivity contribution in [3.8, 4) is 0 Å². The van der Waals surface area contributed by atoms with Crippen molar-refractivity contribution in [3.05, 3.63) is 35.1 Å². The molecule has 0 spiro atoms. The summed E-state index contributed by atoms with van der Waals surface area (Å²) >= 11 is 0. The average molecular weight is 247 g/mol. The summed E-state index contributed by atoms with van der Waals surface area (Å²) in [6.45, 7) is 2.57. The Bertz CT molecular complexity index is 419. The van der Waals surface area contributed by atoms with Gasteiger partial charge in [-0.2, -0.15) is 13.2 Å². The fourth-order valence-electron chi connectivity index (χ4n) is 2.26. The standard InChI is InChI=1S/C12H13F4N/c1-11(5-2-6-17-11)9-4-3-8(7-10(9)13)12(14,15)16/h3-4,7,17H,2,5-6H2,1H3. The molecule has 1 aliphatic rings. The van der Waals surface area contributed by atoms with Crippen LogP contribution in [0.3, 0.4) is 0 Å². The van der Waals surface area contributed by atoms with Gasteiger partial charge >= 0.3 is 6.18 Å². The maximum atomic E-state index is 13.7. The van der Waals surface area contributed by atoms with Gasteiger partial charge in [-0.05, 0) is 38.4 Å². The highest BCUT2D eigenvalue weighted by molar-refractivity contribution is 5.32. The van der Waals surface area contributed by atoms with Gasteiger partial charge < -0.3 is 5.32 Å². The van der Waals surface area contributed by atoms with Crippen LogP contribution < -0.4 is 5.32 Å². The number of rotatable bonds is 1. The van der Waals surface area contributed by atoms with Gasteiger partial charge in [0.15, 0.2) is 0 Å². The van der Waals surface area contributed by atoms with Gasteiger partial charge in [-0.15, -0.1) is 0 Å². The second kappa shape index (κ2) is 3.98. The molecular weight excluding hydrogens is 234 g/mol. The van der Waals surface area contributed by atoms with Crippen LogP contribution in [0, 0.1) is 5.82 Å². The quantitative estimate of drug-likeness (QED) is 0.749. The molecule has 0 aliphatic carbocycles. The molecule has 94 valence electrons. The van der Waals surface area contributed by atoms with Crippen LogP contribution in [0.4, 0.5) is 17.6 Å². The van der Waals surface area contributed by atoms with Crippen molar-refractivity contribution < 1.29 is 17.6 Å². The lowest BCUT2D eigenvalue weighted by Gasteiger charge is -2.26. The van der Waals surface area contributed by atoms with Crippen molar-refractivity contribution in [1.29, 1.82) is 0 Å². The summed E-state index contributed by atoms with van der Waals surface area (Å²) in [6, 6.07) is 2.74. The Morgan fingerprint density at radius 2 is 2.00 bits per heavy atom. The van der Waals surface area contributed by atoms with Crippen LogP contribution in [-0.2, 0) is 11.7 Å². The molecule has 1 heterocycles. The molecule has 1 unspecified atom stereocenters. The Labute approximate surface area is 96.8 Å². The van der Waals surface area contributed by atoms with E-state index in [0.717, 1.165) is 25.5 Å². The van der Waals surface area contributed by atoms with Crippen LogP contribution in [0.25, 0.3) is 0 Å². The van der Waals surface area contributed by atoms with Crippen molar-refractivity contribution in [2.75, 3.05) is 6.54 Å². The smallest absolute Gasteiger partial charge is 0.308 e. The van der Waals surface area contributed by atoms with Crippen molar-refractivity contribution in [2.45, 2.75) is 31.5 Å². The van der Waals surface area contributed by atoms with E-state index < -0.39 is 23.1 Å². The maximum Gasteiger partial charge on any atom is 0.416 e. The molecule has 0 amide bonds. The molecule has 1 aromatic carbocycles. The highest BCUT2D eigenvalue weighted by Gasteiger charge is 2.35. The van der Waals surface area contributed by atoms with E-state index in [4.69, 9.17) is 0 Å². The van der Waals surface area contributed by atoms with Crippen molar-refractivity contribution in [3.63, 3.8) is 0 Å². The molecule has 0 aromatic heterocycles. The van der Waals surface area contributed by atoms with Gasteiger partial charge in [-0.3, -0.25) is 0 Å². The van der Waals surface area contributed by atoms with E-state index in [-0.39, 0.29) is 0 Å². The number of hydrogen-bond acceptors (Lipinski definition) is 1. The van der Waals surface area contributed by atoms with E-state index in [0.29, 0.717) is 11.6 Å². The summed E-state index contributed by atoms with van der Waals surface area (Å²) in [7, 11) is 0. The van der Waals surface area contributed by atoms with Crippen LogP contribution in [0.2, 0.25) is 0 Å². The summed E-state index contributed by atoms with van der Waals surface area (Å²) in [5.74, 6) is -0.795. The van der Waals surface area contributed by atoms with Gasteiger partial charge in [0, 0.05) is 11.1 Å². The minimum Gasteiger partial charge on any atom is -0.308 e. The third-order valence-electron chi connectivity index (χ3n) is 3.26. The minimum atomic E-state index is -4.50. The number of halogens is 4. The molecule has 17 heavy (non-hydrogen) atoms. The highest BCUT2D eigenvalue weighted by Crippen LogP contribution is 2.35. The Kier molecular flexibility index (Phi) is 2.89. The second-order valence-electron chi connectivity index (χ2n) is 4.55. The van der Waals surface area contributed by atoms with Crippen LogP contribution >= 0.6 is 0 Å². The number of nitrogens with one attached hydrogen (secondary N) is 1. The molecule has 5 heteroatoms. The Balaban J connectivity index is 2.38. The lowest BCUT2D eigenvalue weighted by Crippen LogP contribution is -2.34. The van der Waals surface area contributed by atoms with Crippen LogP contribution in [0.1, 0.15) is 30.9 Å². The Morgan fingerprint density at radius 3 is 2.47 bits per heavy atom. The molecule has 2 rings (SSSR count). The lowest BCUT2D eigenvalue weighted by molar-refractivity contribution is -0.137. The molecule has 0 saturated carbocycles. The predicted molar refractivity (Wildman–Crippen MR) is 56.0 cm³/mol. The summed E-state index contributed by atoms with van der Waals surface area (Å²) < 4.78 is 50.9. The third-order valence-corrected chi connectivity index (χ3v) is 3.26. The van der Waals surface area contributed by atoms with E-state index in [1.165, 1.54) is 6.07 Å². The van der Waals surface area contributed by atoms with Gasteiger partial charge in [0.25, 0.3) is 0 Å². The lowest BCUT2D eigenvalue weighted by atomic mass is 9.89. The normalized spacial score (nSPS) is 25.2. The molecule has 1 aliphatic heterocycles. The van der Waals surface area contributed by atoms with Crippen LogP contribution in [-0.4, -0.2) is 6.54 Å². The van der Waals surface area contributed by atoms with Crippen LogP contribution in [0.5, 0.6) is 0 Å². The van der Waals surface area contributed by atoms with E-state index in [9.17, 15) is 17.6 Å². The summed E-state index contributed by atoms with van der Waals surface area (Å²) in [5, 5.41) is 3.13. The topological polar surface area (TPSA) is 12.0 Å². The maximum absolute atomic E-state index is 13.7. The molecule has 1 nitrogen and oxygen atoms in total. The largest absolute Gasteiger partial charge is 0.416 e. The average Bonchev–Trinajstić information content (AvgIpc) is 2.64. The molecule has 1 saturated heterocycles. The van der Waals surface area contributed by atoms with Crippen molar-refractivity contribution in [1.82, 2.24) is 5.32 Å². The van der Waals surface area contributed by atoms with Crippen LogP contribution in [0.15, 0.2) is 18.2 Å². The zero-order chi connectivity index (χ0) is 12.7. The molecule has 0 radical (unpaired) electrons. The van der Waals surface area contributed by atoms with Gasteiger partial charge in [-0.1, -0.05) is 6.07 Å². The molecule has 1 N–H and O–H groups in total. The first-order valence-electron chi connectivity index (χ1n) is 5.45. The first kappa shape index (κ1) is 12.4. The van der Waals surface area contributed by atoms with E-state index >= 15 is 0 Å². The zero-order valence-electron chi connectivity index (χ0n) is 9.37. The Morgan fingerprint density at radius 1 is 1.29 bits per heavy atom. The van der Waals surface area contributed by atoms with Crippen molar-refractivity contribution in [2.24, 2.45) is 0 Å². The van der Waals surface area contributed by atoms with Gasteiger partial charge in [0.05, 0.1) is 5.56 Å². The van der Waals surface area contributed by atoms with Gasteiger partial charge in [-0.25, -0.2) is 4.39 Å². The molecule has 1 aromatic rings. The van der Waals surface area contributed by atoms with E-state index in [1.807, 2.05) is 6.92 Å². The summed E-state index contributed by atoms with van der Waals surface area (Å²) in [4.78, 5) is 0. The number of benzene rings is 1. The van der Waals surface area contributed by atoms with E-state index in [2.05, 4.69) is 5.32 Å². The highest BCUT2D eigenvalue weighted by atomic mass is 19.4. The fourth-order valence-corrected chi connectivity index (χ4v) is 2.26. The van der Waals surface area contributed by atoms with Gasteiger partial charge in [0.2, 0.25) is 0 Å². The minimum absolute atomic E-state index is 0.308. The predicted octanol–water partition coefficient (Wildman–Crippen LogP) is 3.44. The molecule has 0 bridgehead atoms. The monoisotopic (exact) mass is 247 g/mol. The Hall–Kier alpha value is -1.10. The van der Waals surface area contributed by atoms with Crippen molar-refractivity contribution >= 4 is 0 Å². The SMILES string of the molecule is CC1(c2ccc(C(F)(F)F)cc2F)CCCN1. The summed E-state index contributed by atoms with van der Waals surface area (Å²) in [6.07, 6.45) is -2.87. The summed E-state index contributed by atoms with van der Waals surface area (Å²) in [5.41, 5.74) is -1.18. The zero-order valence-corrected chi connectivity index (χ0v) is 9.37. The first-order chi connectivity index (χ1) is 7.83. The molecule has 1 fully saturated rings.